The lowest BCUT2D eigenvalue weighted by atomic mass is 10.2. The first-order valence-electron chi connectivity index (χ1n) is 6.90. The van der Waals surface area contributed by atoms with Crippen molar-refractivity contribution in [2.45, 2.75) is 32.9 Å². The molecule has 0 spiro atoms. The monoisotopic (exact) mass is 285 g/mol. The van der Waals surface area contributed by atoms with Gasteiger partial charge in [0.05, 0.1) is 18.5 Å². The third kappa shape index (κ3) is 4.62. The first-order valence-corrected chi connectivity index (χ1v) is 6.90. The van der Waals surface area contributed by atoms with E-state index >= 15 is 0 Å². The van der Waals surface area contributed by atoms with Crippen LogP contribution in [0.4, 0.5) is 0 Å². The van der Waals surface area contributed by atoms with E-state index in [2.05, 4.69) is 35.8 Å². The van der Waals surface area contributed by atoms with Gasteiger partial charge in [-0.15, -0.1) is 0 Å². The van der Waals surface area contributed by atoms with Crippen LogP contribution in [-0.2, 0) is 6.61 Å². The maximum absolute atomic E-state index is 8.70. The normalized spacial score (nSPS) is 10.3. The highest BCUT2D eigenvalue weighted by atomic mass is 16.5. The van der Waals surface area contributed by atoms with Crippen LogP contribution in [0.1, 0.15) is 37.6 Å². The molecule has 0 bridgehead atoms. The molecule has 0 fully saturated rings. The molecule has 0 aliphatic rings. The van der Waals surface area contributed by atoms with Gasteiger partial charge < -0.3 is 9.84 Å². The van der Waals surface area contributed by atoms with E-state index in [4.69, 9.17) is 9.84 Å². The Morgan fingerprint density at radius 3 is 2.95 bits per heavy atom. The van der Waals surface area contributed by atoms with E-state index < -0.39 is 0 Å². The van der Waals surface area contributed by atoms with Crippen molar-refractivity contribution < 1.29 is 9.84 Å². The number of aliphatic hydroxyl groups excluding tert-OH is 1. The maximum atomic E-state index is 8.70. The molecule has 0 unspecified atom stereocenters. The van der Waals surface area contributed by atoms with Crippen molar-refractivity contribution >= 4 is 0 Å². The quantitative estimate of drug-likeness (QED) is 0.855. The molecule has 2 aromatic heterocycles. The number of pyridine rings is 1. The van der Waals surface area contributed by atoms with Crippen molar-refractivity contribution in [2.24, 2.45) is 0 Å². The molecular weight excluding hydrogens is 266 g/mol. The summed E-state index contributed by atoms with van der Waals surface area (Å²) >= 11 is 0. The Balaban J connectivity index is 1.96. The molecule has 5 heteroatoms. The van der Waals surface area contributed by atoms with E-state index in [1.165, 1.54) is 0 Å². The van der Waals surface area contributed by atoms with Crippen LogP contribution in [0.5, 0.6) is 5.75 Å². The van der Waals surface area contributed by atoms with Crippen LogP contribution < -0.4 is 4.74 Å². The van der Waals surface area contributed by atoms with Crippen LogP contribution in [0.15, 0.2) is 30.7 Å². The predicted molar refractivity (Wildman–Crippen MR) is 79.8 cm³/mol. The van der Waals surface area contributed by atoms with Crippen molar-refractivity contribution in [3.8, 4) is 17.6 Å². The molecule has 0 aliphatic carbocycles. The smallest absolute Gasteiger partial charge is 0.139 e. The van der Waals surface area contributed by atoms with Crippen LogP contribution in [0.2, 0.25) is 0 Å². The summed E-state index contributed by atoms with van der Waals surface area (Å²) in [6.07, 6.45) is 5.72. The van der Waals surface area contributed by atoms with Gasteiger partial charge in [0.1, 0.15) is 12.4 Å². The second kappa shape index (κ2) is 7.46. The maximum Gasteiger partial charge on any atom is 0.139 e. The molecule has 0 aromatic carbocycles. The average molecular weight is 285 g/mol. The largest absolute Gasteiger partial charge is 0.486 e. The third-order valence-electron chi connectivity index (χ3n) is 2.76. The topological polar surface area (TPSA) is 60.2 Å². The number of aromatic nitrogens is 3. The summed E-state index contributed by atoms with van der Waals surface area (Å²) in [5, 5.41) is 13.1. The average Bonchev–Trinajstić information content (AvgIpc) is 2.95. The number of nitrogens with zero attached hydrogens (tertiary/aromatic N) is 3. The van der Waals surface area contributed by atoms with Crippen molar-refractivity contribution in [1.82, 2.24) is 14.8 Å². The summed E-state index contributed by atoms with van der Waals surface area (Å²) in [6.45, 7) is 4.62. The Bertz CT molecular complexity index is 638. The van der Waals surface area contributed by atoms with Gasteiger partial charge in [-0.1, -0.05) is 11.8 Å². The zero-order valence-corrected chi connectivity index (χ0v) is 12.3. The fraction of sp³-hybridized carbons (Fsp3) is 0.375. The highest BCUT2D eigenvalue weighted by molar-refractivity contribution is 5.36. The molecule has 110 valence electrons. The minimum atomic E-state index is 0.0646. The zero-order valence-electron chi connectivity index (χ0n) is 12.3. The Hall–Kier alpha value is -2.32. The van der Waals surface area contributed by atoms with Crippen molar-refractivity contribution in [1.29, 1.82) is 0 Å². The molecule has 0 saturated carbocycles. The van der Waals surface area contributed by atoms with Crippen LogP contribution in [-0.4, -0.2) is 26.5 Å². The SMILES string of the molecule is CC(C)n1ccc(COc2cncc(C#CCCO)c2)n1. The Morgan fingerprint density at radius 1 is 1.38 bits per heavy atom. The minimum Gasteiger partial charge on any atom is -0.486 e. The predicted octanol–water partition coefficient (Wildman–Crippen LogP) is 2.17. The molecule has 0 radical (unpaired) electrons. The van der Waals surface area contributed by atoms with E-state index in [1.807, 2.05) is 23.0 Å². The van der Waals surface area contributed by atoms with Gasteiger partial charge in [-0.25, -0.2) is 0 Å². The van der Waals surface area contributed by atoms with Gasteiger partial charge in [0.2, 0.25) is 0 Å². The Labute approximate surface area is 124 Å². The molecule has 0 amide bonds. The van der Waals surface area contributed by atoms with Crippen LogP contribution >= 0.6 is 0 Å². The summed E-state index contributed by atoms with van der Waals surface area (Å²) in [5.74, 6) is 6.45. The van der Waals surface area contributed by atoms with Gasteiger partial charge in [-0.05, 0) is 26.0 Å². The highest BCUT2D eigenvalue weighted by Crippen LogP contribution is 2.13. The van der Waals surface area contributed by atoms with Crippen LogP contribution in [0.3, 0.4) is 0 Å². The Morgan fingerprint density at radius 2 is 2.24 bits per heavy atom. The molecule has 0 saturated heterocycles. The molecule has 2 heterocycles. The van der Waals surface area contributed by atoms with Gasteiger partial charge in [0, 0.05) is 30.4 Å². The first kappa shape index (κ1) is 15.1. The number of aliphatic hydroxyl groups is 1. The zero-order chi connectivity index (χ0) is 15.1. The van der Waals surface area contributed by atoms with Gasteiger partial charge in [-0.2, -0.15) is 5.10 Å². The number of hydrogen-bond donors (Lipinski definition) is 1. The van der Waals surface area contributed by atoms with Gasteiger partial charge in [0.15, 0.2) is 0 Å². The van der Waals surface area contributed by atoms with Gasteiger partial charge in [0.25, 0.3) is 0 Å². The summed E-state index contributed by atoms with van der Waals surface area (Å²) in [7, 11) is 0. The van der Waals surface area contributed by atoms with Gasteiger partial charge >= 0.3 is 0 Å². The fourth-order valence-electron chi connectivity index (χ4n) is 1.69. The second-order valence-electron chi connectivity index (χ2n) is 4.85. The molecule has 2 aromatic rings. The number of ether oxygens (including phenoxy) is 1. The summed E-state index contributed by atoms with van der Waals surface area (Å²) in [5.41, 5.74) is 1.65. The lowest BCUT2D eigenvalue weighted by Crippen LogP contribution is -2.03. The summed E-state index contributed by atoms with van der Waals surface area (Å²) in [4.78, 5) is 4.09. The van der Waals surface area contributed by atoms with Crippen molar-refractivity contribution in [3.63, 3.8) is 0 Å². The van der Waals surface area contributed by atoms with Crippen molar-refractivity contribution in [3.05, 3.63) is 42.0 Å². The molecule has 1 N–H and O–H groups in total. The minimum absolute atomic E-state index is 0.0646. The standard InChI is InChI=1S/C16H19N3O2/c1-13(2)19-7-6-15(18-19)12-21-16-9-14(10-17-11-16)5-3-4-8-20/h6-7,9-11,13,20H,4,8,12H2,1-2H3. The van der Waals surface area contributed by atoms with E-state index in [9.17, 15) is 0 Å². The number of rotatable bonds is 5. The molecule has 0 atom stereocenters. The van der Waals surface area contributed by atoms with Gasteiger partial charge in [-0.3, -0.25) is 9.67 Å². The summed E-state index contributed by atoms with van der Waals surface area (Å²) < 4.78 is 7.57. The van der Waals surface area contributed by atoms with Crippen molar-refractivity contribution in [2.75, 3.05) is 6.61 Å². The van der Waals surface area contributed by atoms with Crippen LogP contribution in [0.25, 0.3) is 0 Å². The molecule has 0 aliphatic heterocycles. The van der Waals surface area contributed by atoms with E-state index in [-0.39, 0.29) is 6.61 Å². The van der Waals surface area contributed by atoms with E-state index in [0.717, 1.165) is 11.3 Å². The van der Waals surface area contributed by atoms with Crippen LogP contribution in [0, 0.1) is 11.8 Å². The highest BCUT2D eigenvalue weighted by Gasteiger charge is 2.03. The summed E-state index contributed by atoms with van der Waals surface area (Å²) in [6, 6.07) is 4.11. The molecular formula is C16H19N3O2. The molecule has 2 rings (SSSR count). The van der Waals surface area contributed by atoms with E-state index in [1.54, 1.807) is 12.4 Å². The van der Waals surface area contributed by atoms with E-state index in [0.29, 0.717) is 24.8 Å². The number of hydrogen-bond acceptors (Lipinski definition) is 4. The lowest BCUT2D eigenvalue weighted by molar-refractivity contribution is 0.297. The third-order valence-corrected chi connectivity index (χ3v) is 2.76. The second-order valence-corrected chi connectivity index (χ2v) is 4.85. The first-order chi connectivity index (χ1) is 10.2. The molecule has 21 heavy (non-hydrogen) atoms. The fourth-order valence-corrected chi connectivity index (χ4v) is 1.69. The Kier molecular flexibility index (Phi) is 5.35. The molecule has 5 nitrogen and oxygen atoms in total. The lowest BCUT2D eigenvalue weighted by Gasteiger charge is -2.05.